The van der Waals surface area contributed by atoms with Gasteiger partial charge in [0.05, 0.1) is 10.8 Å². The SMILES string of the molecule is O=S1(=O)C=c2ccccc2=N1. The summed E-state index contributed by atoms with van der Waals surface area (Å²) in [5.74, 6) is 0. The number of benzene rings is 1. The van der Waals surface area contributed by atoms with Gasteiger partial charge in [-0.1, -0.05) is 18.2 Å². The Hall–Kier alpha value is -1.16. The molecule has 0 saturated carbocycles. The predicted molar refractivity (Wildman–Crippen MR) is 40.6 cm³/mol. The van der Waals surface area contributed by atoms with Crippen LogP contribution in [-0.4, -0.2) is 8.42 Å². The fourth-order valence-electron chi connectivity index (χ4n) is 0.994. The minimum atomic E-state index is -3.31. The van der Waals surface area contributed by atoms with Crippen LogP contribution >= 0.6 is 0 Å². The van der Waals surface area contributed by atoms with Crippen LogP contribution in [-0.2, 0) is 10.0 Å². The van der Waals surface area contributed by atoms with Crippen LogP contribution in [0.5, 0.6) is 0 Å². The summed E-state index contributed by atoms with van der Waals surface area (Å²) in [7, 11) is -3.31. The van der Waals surface area contributed by atoms with E-state index >= 15 is 0 Å². The molecule has 0 fully saturated rings. The quantitative estimate of drug-likeness (QED) is 0.517. The highest BCUT2D eigenvalue weighted by molar-refractivity contribution is 7.97. The van der Waals surface area contributed by atoms with Crippen molar-refractivity contribution in [1.29, 1.82) is 0 Å². The molecule has 11 heavy (non-hydrogen) atoms. The minimum Gasteiger partial charge on any atom is -0.200 e. The van der Waals surface area contributed by atoms with Crippen LogP contribution in [0, 0.1) is 0 Å². The van der Waals surface area contributed by atoms with Crippen LogP contribution < -0.4 is 10.6 Å². The lowest BCUT2D eigenvalue weighted by molar-refractivity contribution is 0.608. The normalized spacial score (nSPS) is 18.2. The van der Waals surface area contributed by atoms with Gasteiger partial charge in [0.25, 0.3) is 10.0 Å². The van der Waals surface area contributed by atoms with Crippen LogP contribution in [0.1, 0.15) is 0 Å². The Morgan fingerprint density at radius 3 is 2.64 bits per heavy atom. The molecule has 0 atom stereocenters. The van der Waals surface area contributed by atoms with Gasteiger partial charge < -0.3 is 0 Å². The van der Waals surface area contributed by atoms with Crippen molar-refractivity contribution in [2.45, 2.75) is 0 Å². The van der Waals surface area contributed by atoms with Gasteiger partial charge >= 0.3 is 0 Å². The highest BCUT2D eigenvalue weighted by Crippen LogP contribution is 1.94. The zero-order chi connectivity index (χ0) is 7.90. The third kappa shape index (κ3) is 1.05. The lowest BCUT2D eigenvalue weighted by Gasteiger charge is -1.76. The second kappa shape index (κ2) is 1.92. The first-order valence-electron chi connectivity index (χ1n) is 3.09. The molecule has 0 spiro atoms. The van der Waals surface area contributed by atoms with Gasteiger partial charge in [-0.2, -0.15) is 12.8 Å². The van der Waals surface area contributed by atoms with Gasteiger partial charge in [-0.05, 0) is 6.07 Å². The molecule has 0 bridgehead atoms. The van der Waals surface area contributed by atoms with E-state index in [4.69, 9.17) is 0 Å². The smallest absolute Gasteiger partial charge is 0.200 e. The Kier molecular flexibility index (Phi) is 1.14. The monoisotopic (exact) mass is 167 g/mol. The average molecular weight is 167 g/mol. The number of hydrogen-bond donors (Lipinski definition) is 0. The van der Waals surface area contributed by atoms with Gasteiger partial charge in [-0.15, -0.1) is 0 Å². The fourth-order valence-corrected chi connectivity index (χ4v) is 2.01. The average Bonchev–Trinajstić information content (AvgIpc) is 2.21. The van der Waals surface area contributed by atoms with Crippen LogP contribution in [0.3, 0.4) is 0 Å². The molecule has 0 aromatic heterocycles. The highest BCUT2D eigenvalue weighted by atomic mass is 32.2. The maximum atomic E-state index is 10.9. The predicted octanol–water partition coefficient (Wildman–Crippen LogP) is -0.612. The zero-order valence-electron chi connectivity index (χ0n) is 5.56. The van der Waals surface area contributed by atoms with Gasteiger partial charge in [-0.25, -0.2) is 0 Å². The topological polar surface area (TPSA) is 46.5 Å². The van der Waals surface area contributed by atoms with Gasteiger partial charge in [0.2, 0.25) is 0 Å². The van der Waals surface area contributed by atoms with Crippen molar-refractivity contribution >= 4 is 15.4 Å². The van der Waals surface area contributed by atoms with E-state index in [-0.39, 0.29) is 0 Å². The summed E-state index contributed by atoms with van der Waals surface area (Å²) >= 11 is 0. The Labute approximate surface area is 63.8 Å². The Bertz CT molecular complexity index is 460. The first kappa shape index (κ1) is 6.54. The number of hydrogen-bond acceptors (Lipinski definition) is 2. The summed E-state index contributed by atoms with van der Waals surface area (Å²) in [4.78, 5) is 0. The molecule has 1 aromatic carbocycles. The standard InChI is InChI=1S/C7H5NO2S/c9-11(10)5-6-3-1-2-4-7(6)8-11/h1-5H. The maximum Gasteiger partial charge on any atom is 0.276 e. The third-order valence-electron chi connectivity index (χ3n) is 1.44. The molecule has 0 radical (unpaired) electrons. The molecular formula is C7H5NO2S. The van der Waals surface area contributed by atoms with E-state index in [2.05, 4.69) is 4.40 Å². The molecule has 0 unspecified atom stereocenters. The van der Waals surface area contributed by atoms with E-state index in [9.17, 15) is 8.42 Å². The summed E-state index contributed by atoms with van der Waals surface area (Å²) < 4.78 is 25.2. The third-order valence-corrected chi connectivity index (χ3v) is 2.44. The minimum absolute atomic E-state index is 0.535. The summed E-state index contributed by atoms with van der Waals surface area (Å²) in [6.07, 6.45) is 0. The zero-order valence-corrected chi connectivity index (χ0v) is 6.38. The van der Waals surface area contributed by atoms with Crippen molar-refractivity contribution in [2.24, 2.45) is 4.40 Å². The maximum absolute atomic E-state index is 10.9. The molecule has 2 rings (SSSR count). The fraction of sp³-hybridized carbons (Fsp3) is 0. The van der Waals surface area contributed by atoms with E-state index in [0.717, 1.165) is 0 Å². The lowest BCUT2D eigenvalue weighted by Crippen LogP contribution is -2.19. The second-order valence-corrected chi connectivity index (χ2v) is 3.73. The van der Waals surface area contributed by atoms with Gasteiger partial charge in [0.1, 0.15) is 0 Å². The van der Waals surface area contributed by atoms with E-state index in [1.807, 2.05) is 0 Å². The Morgan fingerprint density at radius 1 is 1.18 bits per heavy atom. The molecule has 0 amide bonds. The van der Waals surface area contributed by atoms with Crippen LogP contribution in [0.15, 0.2) is 28.7 Å². The van der Waals surface area contributed by atoms with E-state index < -0.39 is 10.0 Å². The van der Waals surface area contributed by atoms with Gasteiger partial charge in [0, 0.05) is 5.22 Å². The van der Waals surface area contributed by atoms with Gasteiger partial charge in [0.15, 0.2) is 0 Å². The molecule has 1 aliphatic rings. The highest BCUT2D eigenvalue weighted by Gasteiger charge is 2.07. The molecule has 1 heterocycles. The summed E-state index contributed by atoms with van der Waals surface area (Å²) in [6.45, 7) is 0. The van der Waals surface area contributed by atoms with Crippen LogP contribution in [0.4, 0.5) is 0 Å². The number of nitrogens with zero attached hydrogens (tertiary/aromatic N) is 1. The number of rotatable bonds is 0. The first-order chi connectivity index (χ1) is 5.17. The summed E-state index contributed by atoms with van der Waals surface area (Å²) in [6, 6.07) is 6.95. The number of fused-ring (bicyclic) bond motifs is 1. The molecule has 0 N–H and O–H groups in total. The summed E-state index contributed by atoms with van der Waals surface area (Å²) in [5.41, 5.74) is 0. The molecule has 3 nitrogen and oxygen atoms in total. The van der Waals surface area contributed by atoms with E-state index in [0.29, 0.717) is 10.6 Å². The van der Waals surface area contributed by atoms with Crippen molar-refractivity contribution in [3.63, 3.8) is 0 Å². The van der Waals surface area contributed by atoms with Crippen LogP contribution in [0.2, 0.25) is 0 Å². The molecule has 4 heteroatoms. The Morgan fingerprint density at radius 2 is 1.91 bits per heavy atom. The van der Waals surface area contributed by atoms with Crippen molar-refractivity contribution < 1.29 is 8.42 Å². The van der Waals surface area contributed by atoms with Crippen molar-refractivity contribution in [3.05, 3.63) is 34.8 Å². The number of sulfonamides is 1. The molecule has 0 aliphatic carbocycles. The van der Waals surface area contributed by atoms with E-state index in [1.54, 1.807) is 24.3 Å². The van der Waals surface area contributed by atoms with Crippen molar-refractivity contribution in [3.8, 4) is 0 Å². The van der Waals surface area contributed by atoms with Crippen molar-refractivity contribution in [1.82, 2.24) is 0 Å². The summed E-state index contributed by atoms with van der Waals surface area (Å²) in [5, 5.41) is 2.38. The van der Waals surface area contributed by atoms with Crippen molar-refractivity contribution in [2.75, 3.05) is 0 Å². The first-order valence-corrected chi connectivity index (χ1v) is 4.59. The second-order valence-electron chi connectivity index (χ2n) is 2.28. The molecule has 1 aliphatic heterocycles. The largest absolute Gasteiger partial charge is 0.276 e. The lowest BCUT2D eigenvalue weighted by atomic mass is 10.3. The van der Waals surface area contributed by atoms with E-state index in [1.165, 1.54) is 5.41 Å². The Balaban J connectivity index is 3.03. The molecular weight excluding hydrogens is 162 g/mol. The van der Waals surface area contributed by atoms with Crippen LogP contribution in [0.25, 0.3) is 5.41 Å². The molecule has 0 saturated heterocycles. The molecule has 56 valence electrons. The molecule has 1 aromatic rings. The van der Waals surface area contributed by atoms with Gasteiger partial charge in [-0.3, -0.25) is 0 Å².